The summed E-state index contributed by atoms with van der Waals surface area (Å²) in [6, 6.07) is 0.0411. The van der Waals surface area contributed by atoms with Gasteiger partial charge in [-0.25, -0.2) is 0 Å². The van der Waals surface area contributed by atoms with E-state index in [4.69, 9.17) is 10.5 Å². The zero-order chi connectivity index (χ0) is 14.0. The zero-order valence-electron chi connectivity index (χ0n) is 12.5. The van der Waals surface area contributed by atoms with Gasteiger partial charge in [0, 0.05) is 26.2 Å². The van der Waals surface area contributed by atoms with Gasteiger partial charge in [0.15, 0.2) is 0 Å². The number of piperidine rings is 1. The van der Waals surface area contributed by atoms with Crippen LogP contribution in [0.3, 0.4) is 0 Å². The Bertz CT molecular complexity index is 334. The highest BCUT2D eigenvalue weighted by Gasteiger charge is 2.38. The van der Waals surface area contributed by atoms with Gasteiger partial charge in [-0.1, -0.05) is 6.92 Å². The quantitative estimate of drug-likeness (QED) is 0.830. The summed E-state index contributed by atoms with van der Waals surface area (Å²) in [6.45, 7) is 5.88. The molecule has 1 saturated carbocycles. The van der Waals surface area contributed by atoms with Crippen LogP contribution < -0.4 is 5.73 Å². The lowest BCUT2D eigenvalue weighted by Gasteiger charge is -2.42. The molecule has 4 heteroatoms. The van der Waals surface area contributed by atoms with Crippen molar-refractivity contribution in [2.75, 3.05) is 20.2 Å². The Morgan fingerprint density at radius 2 is 2.16 bits per heavy atom. The Morgan fingerprint density at radius 3 is 2.84 bits per heavy atom. The van der Waals surface area contributed by atoms with Crippen LogP contribution in [0, 0.1) is 11.8 Å². The van der Waals surface area contributed by atoms with Crippen molar-refractivity contribution in [3.05, 3.63) is 0 Å². The molecule has 0 bridgehead atoms. The molecule has 4 atom stereocenters. The summed E-state index contributed by atoms with van der Waals surface area (Å²) in [5, 5.41) is 0. The minimum absolute atomic E-state index is 0.0166. The van der Waals surface area contributed by atoms with Crippen LogP contribution in [-0.4, -0.2) is 42.6 Å². The molecule has 2 N–H and O–H groups in total. The fourth-order valence-corrected chi connectivity index (χ4v) is 3.48. The lowest BCUT2D eigenvalue weighted by atomic mass is 9.78. The molecule has 110 valence electrons. The first-order chi connectivity index (χ1) is 8.95. The molecule has 1 aliphatic carbocycles. The fraction of sp³-hybridized carbons (Fsp3) is 0.933. The predicted molar refractivity (Wildman–Crippen MR) is 75.7 cm³/mol. The molecule has 0 spiro atoms. The van der Waals surface area contributed by atoms with Crippen LogP contribution in [0.4, 0.5) is 0 Å². The van der Waals surface area contributed by atoms with E-state index < -0.39 is 0 Å². The molecule has 1 amide bonds. The third-order valence-electron chi connectivity index (χ3n) is 4.95. The Hall–Kier alpha value is -0.610. The Morgan fingerprint density at radius 1 is 1.42 bits per heavy atom. The number of nitrogens with zero attached hydrogens (tertiary/aromatic N) is 1. The highest BCUT2D eigenvalue weighted by Crippen LogP contribution is 2.31. The second-order valence-corrected chi connectivity index (χ2v) is 6.71. The summed E-state index contributed by atoms with van der Waals surface area (Å²) in [6.07, 6.45) is 5.13. The minimum atomic E-state index is -0.182. The molecule has 0 aromatic rings. The van der Waals surface area contributed by atoms with Crippen molar-refractivity contribution in [3.63, 3.8) is 0 Å². The molecule has 2 rings (SSSR count). The first-order valence-electron chi connectivity index (χ1n) is 7.55. The van der Waals surface area contributed by atoms with Crippen LogP contribution in [-0.2, 0) is 9.53 Å². The van der Waals surface area contributed by atoms with Crippen LogP contribution >= 0.6 is 0 Å². The number of amides is 1. The molecule has 2 fully saturated rings. The maximum atomic E-state index is 12.7. The molecule has 1 saturated heterocycles. The van der Waals surface area contributed by atoms with Crippen LogP contribution in [0.25, 0.3) is 0 Å². The van der Waals surface area contributed by atoms with E-state index in [-0.39, 0.29) is 23.5 Å². The molecule has 4 nitrogen and oxygen atoms in total. The van der Waals surface area contributed by atoms with Crippen molar-refractivity contribution >= 4 is 5.91 Å². The molecule has 0 radical (unpaired) electrons. The van der Waals surface area contributed by atoms with E-state index in [1.165, 1.54) is 0 Å². The topological polar surface area (TPSA) is 55.6 Å². The molecular formula is C15H28N2O2. The van der Waals surface area contributed by atoms with Crippen molar-refractivity contribution < 1.29 is 9.53 Å². The largest absolute Gasteiger partial charge is 0.377 e. The first kappa shape index (κ1) is 14.8. The number of rotatable bonds is 2. The Kier molecular flexibility index (Phi) is 4.51. The summed E-state index contributed by atoms with van der Waals surface area (Å²) in [5.41, 5.74) is 5.99. The second kappa shape index (κ2) is 5.80. The number of hydrogen-bond acceptors (Lipinski definition) is 3. The van der Waals surface area contributed by atoms with Crippen LogP contribution in [0.1, 0.15) is 46.0 Å². The van der Waals surface area contributed by atoms with E-state index in [1.807, 2.05) is 4.90 Å². The van der Waals surface area contributed by atoms with Gasteiger partial charge in [0.25, 0.3) is 0 Å². The van der Waals surface area contributed by atoms with E-state index in [0.29, 0.717) is 12.5 Å². The third-order valence-corrected chi connectivity index (χ3v) is 4.95. The standard InChI is InChI=1S/C15H28N2O2/c1-11-5-6-13(16)12(9-11)14(18)17-8-4-7-15(2,10-17)19-3/h11-13H,4-10,16H2,1-3H3. The molecule has 0 aromatic heterocycles. The smallest absolute Gasteiger partial charge is 0.227 e. The van der Waals surface area contributed by atoms with Gasteiger partial charge in [-0.3, -0.25) is 4.79 Å². The number of nitrogens with two attached hydrogens (primary N) is 1. The summed E-state index contributed by atoms with van der Waals surface area (Å²) in [7, 11) is 1.74. The number of carbonyl (C=O) groups excluding carboxylic acids is 1. The van der Waals surface area contributed by atoms with E-state index in [1.54, 1.807) is 7.11 Å². The number of likely N-dealkylation sites (tertiary alicyclic amines) is 1. The summed E-state index contributed by atoms with van der Waals surface area (Å²) >= 11 is 0. The number of ether oxygens (including phenoxy) is 1. The molecule has 2 aliphatic rings. The summed E-state index contributed by atoms with van der Waals surface area (Å²) in [5.74, 6) is 0.886. The molecule has 1 heterocycles. The maximum absolute atomic E-state index is 12.7. The molecule has 0 aromatic carbocycles. The van der Waals surface area contributed by atoms with Crippen molar-refractivity contribution in [2.45, 2.75) is 57.6 Å². The highest BCUT2D eigenvalue weighted by atomic mass is 16.5. The fourth-order valence-electron chi connectivity index (χ4n) is 3.48. The first-order valence-corrected chi connectivity index (χ1v) is 7.55. The number of carbonyl (C=O) groups is 1. The van der Waals surface area contributed by atoms with Crippen molar-refractivity contribution in [3.8, 4) is 0 Å². The van der Waals surface area contributed by atoms with Gasteiger partial charge in [0.05, 0.1) is 11.5 Å². The molecule has 4 unspecified atom stereocenters. The van der Waals surface area contributed by atoms with Gasteiger partial charge in [0.1, 0.15) is 0 Å². The molecule has 19 heavy (non-hydrogen) atoms. The van der Waals surface area contributed by atoms with Crippen LogP contribution in [0.5, 0.6) is 0 Å². The normalized spacial score (nSPS) is 40.2. The number of hydrogen-bond donors (Lipinski definition) is 1. The minimum Gasteiger partial charge on any atom is -0.377 e. The Balaban J connectivity index is 2.02. The lowest BCUT2D eigenvalue weighted by Crippen LogP contribution is -2.54. The Labute approximate surface area is 116 Å². The van der Waals surface area contributed by atoms with E-state index in [0.717, 1.165) is 38.6 Å². The average molecular weight is 268 g/mol. The van der Waals surface area contributed by atoms with Crippen molar-refractivity contribution in [1.82, 2.24) is 4.90 Å². The summed E-state index contributed by atoms with van der Waals surface area (Å²) in [4.78, 5) is 14.7. The highest BCUT2D eigenvalue weighted by molar-refractivity contribution is 5.80. The van der Waals surface area contributed by atoms with E-state index >= 15 is 0 Å². The zero-order valence-corrected chi connectivity index (χ0v) is 12.5. The van der Waals surface area contributed by atoms with Gasteiger partial charge < -0.3 is 15.4 Å². The van der Waals surface area contributed by atoms with E-state index in [2.05, 4.69) is 13.8 Å². The monoisotopic (exact) mass is 268 g/mol. The average Bonchev–Trinajstić information content (AvgIpc) is 2.41. The number of methoxy groups -OCH3 is 1. The van der Waals surface area contributed by atoms with Gasteiger partial charge in [0.2, 0.25) is 5.91 Å². The van der Waals surface area contributed by atoms with Crippen LogP contribution in [0.15, 0.2) is 0 Å². The van der Waals surface area contributed by atoms with Crippen molar-refractivity contribution in [2.24, 2.45) is 17.6 Å². The SMILES string of the molecule is COC1(C)CCCN(C(=O)C2CC(C)CCC2N)C1. The van der Waals surface area contributed by atoms with Gasteiger partial charge in [-0.2, -0.15) is 0 Å². The van der Waals surface area contributed by atoms with Crippen molar-refractivity contribution in [1.29, 1.82) is 0 Å². The van der Waals surface area contributed by atoms with Crippen LogP contribution in [0.2, 0.25) is 0 Å². The van der Waals surface area contributed by atoms with E-state index in [9.17, 15) is 4.79 Å². The van der Waals surface area contributed by atoms with Gasteiger partial charge in [-0.05, 0) is 44.9 Å². The van der Waals surface area contributed by atoms with Gasteiger partial charge >= 0.3 is 0 Å². The maximum Gasteiger partial charge on any atom is 0.227 e. The predicted octanol–water partition coefficient (Wildman–Crippen LogP) is 1.78. The van der Waals surface area contributed by atoms with Gasteiger partial charge in [-0.15, -0.1) is 0 Å². The second-order valence-electron chi connectivity index (χ2n) is 6.71. The molecule has 1 aliphatic heterocycles. The third kappa shape index (κ3) is 3.29. The summed E-state index contributed by atoms with van der Waals surface area (Å²) < 4.78 is 5.57. The molecular weight excluding hydrogens is 240 g/mol. The lowest BCUT2D eigenvalue weighted by molar-refractivity contribution is -0.145.